The minimum absolute atomic E-state index is 0.0311. The van der Waals surface area contributed by atoms with Gasteiger partial charge in [0.15, 0.2) is 0 Å². The van der Waals surface area contributed by atoms with Gasteiger partial charge in [0.1, 0.15) is 5.75 Å². The van der Waals surface area contributed by atoms with E-state index in [0.29, 0.717) is 5.56 Å². The smallest absolute Gasteiger partial charge is 0.307 e. The van der Waals surface area contributed by atoms with Gasteiger partial charge in [0.25, 0.3) is 0 Å². The van der Waals surface area contributed by atoms with Crippen molar-refractivity contribution in [1.29, 1.82) is 0 Å². The van der Waals surface area contributed by atoms with Crippen LogP contribution in [0.5, 0.6) is 5.75 Å². The van der Waals surface area contributed by atoms with Crippen LogP contribution in [0.25, 0.3) is 0 Å². The number of aliphatic carboxylic acids is 1. The molecule has 1 atom stereocenters. The standard InChI is InChI=1S/C12H14O5/c1-17-11(14)7-9(12(15)16)6-8-4-2-3-5-10(8)13/h2-5,9,13H,6-7H2,1H3,(H,15,16). The molecule has 0 aliphatic rings. The first-order valence-electron chi connectivity index (χ1n) is 5.11. The summed E-state index contributed by atoms with van der Waals surface area (Å²) in [6.45, 7) is 0. The van der Waals surface area contributed by atoms with E-state index in [0.717, 1.165) is 0 Å². The summed E-state index contributed by atoms with van der Waals surface area (Å²) < 4.78 is 4.43. The molecule has 0 bridgehead atoms. The molecule has 17 heavy (non-hydrogen) atoms. The zero-order chi connectivity index (χ0) is 12.8. The van der Waals surface area contributed by atoms with E-state index in [-0.39, 0.29) is 18.6 Å². The Labute approximate surface area is 98.6 Å². The molecule has 0 aliphatic heterocycles. The van der Waals surface area contributed by atoms with Crippen molar-refractivity contribution in [2.45, 2.75) is 12.8 Å². The van der Waals surface area contributed by atoms with Crippen LogP contribution in [0.3, 0.4) is 0 Å². The summed E-state index contributed by atoms with van der Waals surface area (Å²) in [6, 6.07) is 6.45. The van der Waals surface area contributed by atoms with Crippen LogP contribution in [-0.2, 0) is 20.7 Å². The lowest BCUT2D eigenvalue weighted by molar-refractivity contribution is -0.149. The lowest BCUT2D eigenvalue weighted by atomic mass is 9.96. The number of carbonyl (C=O) groups excluding carboxylic acids is 1. The van der Waals surface area contributed by atoms with Crippen LogP contribution >= 0.6 is 0 Å². The topological polar surface area (TPSA) is 83.8 Å². The monoisotopic (exact) mass is 238 g/mol. The third kappa shape index (κ3) is 3.79. The maximum absolute atomic E-state index is 11.1. The Hall–Kier alpha value is -2.04. The molecular weight excluding hydrogens is 224 g/mol. The van der Waals surface area contributed by atoms with Gasteiger partial charge < -0.3 is 14.9 Å². The van der Waals surface area contributed by atoms with Gasteiger partial charge in [-0.25, -0.2) is 0 Å². The van der Waals surface area contributed by atoms with E-state index in [1.165, 1.54) is 13.2 Å². The molecule has 5 heteroatoms. The van der Waals surface area contributed by atoms with Gasteiger partial charge in [-0.05, 0) is 18.1 Å². The highest BCUT2D eigenvalue weighted by atomic mass is 16.5. The Morgan fingerprint density at radius 2 is 2.00 bits per heavy atom. The molecule has 0 heterocycles. The van der Waals surface area contributed by atoms with Crippen molar-refractivity contribution >= 4 is 11.9 Å². The van der Waals surface area contributed by atoms with Crippen molar-refractivity contribution in [3.63, 3.8) is 0 Å². The average Bonchev–Trinajstić information content (AvgIpc) is 2.30. The molecule has 92 valence electrons. The molecule has 0 aromatic heterocycles. The second kappa shape index (κ2) is 5.89. The number of phenolic OH excluding ortho intramolecular Hbond substituents is 1. The second-order valence-electron chi connectivity index (χ2n) is 3.65. The minimum atomic E-state index is -1.08. The van der Waals surface area contributed by atoms with Crippen LogP contribution in [0.4, 0.5) is 0 Å². The molecule has 0 fully saturated rings. The molecule has 0 aliphatic carbocycles. The number of aromatic hydroxyl groups is 1. The molecule has 0 amide bonds. The van der Waals surface area contributed by atoms with Crippen LogP contribution in [0.15, 0.2) is 24.3 Å². The van der Waals surface area contributed by atoms with E-state index < -0.39 is 17.9 Å². The number of carboxylic acid groups (broad SMARTS) is 1. The number of esters is 1. The Morgan fingerprint density at radius 1 is 1.35 bits per heavy atom. The molecule has 1 rings (SSSR count). The highest BCUT2D eigenvalue weighted by Gasteiger charge is 2.23. The molecular formula is C12H14O5. The molecule has 0 saturated carbocycles. The SMILES string of the molecule is COC(=O)CC(Cc1ccccc1O)C(=O)O. The van der Waals surface area contributed by atoms with Crippen LogP contribution in [0.1, 0.15) is 12.0 Å². The molecule has 1 aromatic rings. The lowest BCUT2D eigenvalue weighted by Gasteiger charge is -2.11. The molecule has 1 aromatic carbocycles. The fourth-order valence-electron chi connectivity index (χ4n) is 1.48. The normalized spacial score (nSPS) is 11.8. The first kappa shape index (κ1) is 13.0. The van der Waals surface area contributed by atoms with E-state index in [1.54, 1.807) is 18.2 Å². The Balaban J connectivity index is 2.77. The quantitative estimate of drug-likeness (QED) is 0.753. The van der Waals surface area contributed by atoms with Gasteiger partial charge in [-0.1, -0.05) is 18.2 Å². The van der Waals surface area contributed by atoms with Crippen LogP contribution in [0.2, 0.25) is 0 Å². The number of methoxy groups -OCH3 is 1. The number of ether oxygens (including phenoxy) is 1. The summed E-state index contributed by atoms with van der Waals surface area (Å²) in [4.78, 5) is 22.0. The van der Waals surface area contributed by atoms with Gasteiger partial charge in [-0.3, -0.25) is 9.59 Å². The Bertz CT molecular complexity index is 413. The van der Waals surface area contributed by atoms with E-state index in [9.17, 15) is 14.7 Å². The van der Waals surface area contributed by atoms with Gasteiger partial charge in [0.2, 0.25) is 0 Å². The van der Waals surface area contributed by atoms with E-state index in [2.05, 4.69) is 4.74 Å². The van der Waals surface area contributed by atoms with Crippen molar-refractivity contribution in [2.24, 2.45) is 5.92 Å². The van der Waals surface area contributed by atoms with Gasteiger partial charge in [0.05, 0.1) is 19.4 Å². The summed E-state index contributed by atoms with van der Waals surface area (Å²) in [5.74, 6) is -2.52. The van der Waals surface area contributed by atoms with Crippen molar-refractivity contribution in [3.8, 4) is 5.75 Å². The van der Waals surface area contributed by atoms with E-state index in [1.807, 2.05) is 0 Å². The van der Waals surface area contributed by atoms with Gasteiger partial charge >= 0.3 is 11.9 Å². The van der Waals surface area contributed by atoms with E-state index in [4.69, 9.17) is 5.11 Å². The van der Waals surface area contributed by atoms with Gasteiger partial charge in [0, 0.05) is 0 Å². The number of hydrogen-bond donors (Lipinski definition) is 2. The van der Waals surface area contributed by atoms with Crippen LogP contribution in [-0.4, -0.2) is 29.3 Å². The molecule has 1 unspecified atom stereocenters. The van der Waals surface area contributed by atoms with Gasteiger partial charge in [-0.2, -0.15) is 0 Å². The molecule has 2 N–H and O–H groups in total. The molecule has 0 radical (unpaired) electrons. The Kier molecular flexibility index (Phi) is 4.51. The first-order chi connectivity index (χ1) is 8.04. The average molecular weight is 238 g/mol. The van der Waals surface area contributed by atoms with E-state index >= 15 is 0 Å². The fraction of sp³-hybridized carbons (Fsp3) is 0.333. The predicted octanol–water partition coefficient (Wildman–Crippen LogP) is 1.20. The van der Waals surface area contributed by atoms with Gasteiger partial charge in [-0.15, -0.1) is 0 Å². The maximum Gasteiger partial charge on any atom is 0.307 e. The van der Waals surface area contributed by atoms with Crippen molar-refractivity contribution in [2.75, 3.05) is 7.11 Å². The first-order valence-corrected chi connectivity index (χ1v) is 5.11. The summed E-state index contributed by atoms with van der Waals surface area (Å²) >= 11 is 0. The summed E-state index contributed by atoms with van der Waals surface area (Å²) in [5.41, 5.74) is 0.504. The predicted molar refractivity (Wildman–Crippen MR) is 59.6 cm³/mol. The molecule has 5 nitrogen and oxygen atoms in total. The van der Waals surface area contributed by atoms with Crippen molar-refractivity contribution in [3.05, 3.63) is 29.8 Å². The summed E-state index contributed by atoms with van der Waals surface area (Å²) in [6.07, 6.45) is -0.114. The maximum atomic E-state index is 11.1. The highest BCUT2D eigenvalue weighted by Crippen LogP contribution is 2.21. The summed E-state index contributed by atoms with van der Waals surface area (Å²) in [7, 11) is 1.21. The number of carboxylic acids is 1. The minimum Gasteiger partial charge on any atom is -0.508 e. The Morgan fingerprint density at radius 3 is 2.53 bits per heavy atom. The largest absolute Gasteiger partial charge is 0.508 e. The van der Waals surface area contributed by atoms with Crippen LogP contribution in [0, 0.1) is 5.92 Å². The number of carbonyl (C=O) groups is 2. The zero-order valence-corrected chi connectivity index (χ0v) is 9.42. The number of hydrogen-bond acceptors (Lipinski definition) is 4. The fourth-order valence-corrected chi connectivity index (χ4v) is 1.48. The van der Waals surface area contributed by atoms with Crippen molar-refractivity contribution in [1.82, 2.24) is 0 Å². The number of rotatable bonds is 5. The third-order valence-corrected chi connectivity index (χ3v) is 2.45. The number of benzene rings is 1. The lowest BCUT2D eigenvalue weighted by Crippen LogP contribution is -2.21. The number of para-hydroxylation sites is 1. The van der Waals surface area contributed by atoms with Crippen LogP contribution < -0.4 is 0 Å². The zero-order valence-electron chi connectivity index (χ0n) is 9.42. The number of phenols is 1. The highest BCUT2D eigenvalue weighted by molar-refractivity contribution is 5.79. The van der Waals surface area contributed by atoms with Crippen molar-refractivity contribution < 1.29 is 24.5 Å². The molecule has 0 saturated heterocycles. The summed E-state index contributed by atoms with van der Waals surface area (Å²) in [5, 5.41) is 18.5. The second-order valence-corrected chi connectivity index (χ2v) is 3.65. The molecule has 0 spiro atoms. The third-order valence-electron chi connectivity index (χ3n) is 2.45.